The van der Waals surface area contributed by atoms with Gasteiger partial charge in [-0.15, -0.1) is 0 Å². The molecule has 4 nitrogen and oxygen atoms in total. The summed E-state index contributed by atoms with van der Waals surface area (Å²) < 4.78 is 9.10. The van der Waals surface area contributed by atoms with Crippen LogP contribution in [0, 0.1) is 0 Å². The summed E-state index contributed by atoms with van der Waals surface area (Å²) in [5.41, 5.74) is 1.14. The van der Waals surface area contributed by atoms with Gasteiger partial charge in [0.2, 0.25) is 0 Å². The molecule has 17 heavy (non-hydrogen) atoms. The van der Waals surface area contributed by atoms with Crippen molar-refractivity contribution in [2.75, 3.05) is 18.5 Å². The van der Waals surface area contributed by atoms with Gasteiger partial charge in [-0.25, -0.2) is 4.68 Å². The van der Waals surface area contributed by atoms with E-state index in [2.05, 4.69) is 32.9 Å². The second-order valence-corrected chi connectivity index (χ2v) is 5.53. The molecule has 2 aliphatic rings. The van der Waals surface area contributed by atoms with Crippen molar-refractivity contribution in [1.29, 1.82) is 0 Å². The zero-order chi connectivity index (χ0) is 11.8. The predicted molar refractivity (Wildman–Crippen MR) is 70.4 cm³/mol. The second-order valence-electron chi connectivity index (χ2n) is 4.74. The maximum Gasteiger partial charge on any atom is 0.139 e. The van der Waals surface area contributed by atoms with Crippen molar-refractivity contribution in [3.8, 4) is 0 Å². The van der Waals surface area contributed by atoms with Gasteiger partial charge in [0.15, 0.2) is 0 Å². The minimum Gasteiger partial charge on any atom is -0.376 e. The Balaban J connectivity index is 1.95. The molecule has 0 amide bonds. The summed E-state index contributed by atoms with van der Waals surface area (Å²) in [6, 6.07) is 0.408. The summed E-state index contributed by atoms with van der Waals surface area (Å²) in [5, 5.41) is 8.16. The van der Waals surface area contributed by atoms with Gasteiger partial charge in [0.1, 0.15) is 5.82 Å². The third kappa shape index (κ3) is 1.89. The normalized spacial score (nSPS) is 27.9. The van der Waals surface area contributed by atoms with Gasteiger partial charge < -0.3 is 10.1 Å². The summed E-state index contributed by atoms with van der Waals surface area (Å²) in [6.45, 7) is 4.06. The van der Waals surface area contributed by atoms with Gasteiger partial charge in [-0.1, -0.05) is 6.92 Å². The Hall–Kier alpha value is -0.550. The Morgan fingerprint density at radius 1 is 1.53 bits per heavy atom. The van der Waals surface area contributed by atoms with Gasteiger partial charge in [-0.2, -0.15) is 5.10 Å². The molecule has 1 saturated heterocycles. The molecular formula is C12H18BrN3O. The quantitative estimate of drug-likeness (QED) is 0.913. The summed E-state index contributed by atoms with van der Waals surface area (Å²) in [4.78, 5) is 0. The molecule has 0 bridgehead atoms. The van der Waals surface area contributed by atoms with Crippen molar-refractivity contribution in [3.05, 3.63) is 10.2 Å². The van der Waals surface area contributed by atoms with Crippen LogP contribution in [0.3, 0.4) is 0 Å². The van der Waals surface area contributed by atoms with Crippen molar-refractivity contribution in [1.82, 2.24) is 9.78 Å². The fourth-order valence-electron chi connectivity index (χ4n) is 2.80. The lowest BCUT2D eigenvalue weighted by atomic mass is 10.0. The fourth-order valence-corrected chi connectivity index (χ4v) is 3.48. The molecule has 3 heterocycles. The average molecular weight is 300 g/mol. The van der Waals surface area contributed by atoms with Crippen LogP contribution < -0.4 is 5.32 Å². The maximum absolute atomic E-state index is 5.83. The summed E-state index contributed by atoms with van der Waals surface area (Å²) in [5.74, 6) is 1.13. The van der Waals surface area contributed by atoms with Gasteiger partial charge >= 0.3 is 0 Å². The topological polar surface area (TPSA) is 39.1 Å². The third-order valence-electron chi connectivity index (χ3n) is 3.69. The smallest absolute Gasteiger partial charge is 0.139 e. The number of anilines is 1. The lowest BCUT2D eigenvalue weighted by Crippen LogP contribution is -2.31. The van der Waals surface area contributed by atoms with Crippen LogP contribution in [0.5, 0.6) is 0 Å². The largest absolute Gasteiger partial charge is 0.376 e. The molecule has 94 valence electrons. The van der Waals surface area contributed by atoms with Crippen LogP contribution in [0.2, 0.25) is 0 Å². The van der Waals surface area contributed by atoms with Gasteiger partial charge in [0.25, 0.3) is 0 Å². The molecule has 3 rings (SSSR count). The van der Waals surface area contributed by atoms with Crippen molar-refractivity contribution < 1.29 is 4.74 Å². The van der Waals surface area contributed by atoms with Crippen LogP contribution in [0.15, 0.2) is 4.47 Å². The first-order valence-corrected chi connectivity index (χ1v) is 7.23. The van der Waals surface area contributed by atoms with Crippen LogP contribution in [0.25, 0.3) is 0 Å². The number of hydrogen-bond acceptors (Lipinski definition) is 3. The van der Waals surface area contributed by atoms with E-state index in [9.17, 15) is 0 Å². The fraction of sp³-hybridized carbons (Fsp3) is 0.750. The SMILES string of the molecule is CCc1nn2c(c1Br)NCCC2C1CCCO1. The first-order chi connectivity index (χ1) is 8.31. The maximum atomic E-state index is 5.83. The van der Waals surface area contributed by atoms with E-state index in [0.29, 0.717) is 12.1 Å². The molecule has 0 aromatic carbocycles. The van der Waals surface area contributed by atoms with Gasteiger partial charge in [-0.05, 0) is 41.6 Å². The van der Waals surface area contributed by atoms with E-state index in [1.165, 1.54) is 12.8 Å². The highest BCUT2D eigenvalue weighted by Crippen LogP contribution is 2.37. The number of nitrogens with one attached hydrogen (secondary N) is 1. The number of ether oxygens (including phenoxy) is 1. The van der Waals surface area contributed by atoms with E-state index < -0.39 is 0 Å². The number of halogens is 1. The van der Waals surface area contributed by atoms with E-state index in [1.807, 2.05) is 0 Å². The first kappa shape index (κ1) is 11.5. The molecule has 5 heteroatoms. The third-order valence-corrected chi connectivity index (χ3v) is 4.53. The highest BCUT2D eigenvalue weighted by atomic mass is 79.9. The molecule has 1 aromatic heterocycles. The highest BCUT2D eigenvalue weighted by molar-refractivity contribution is 9.10. The molecule has 1 fully saturated rings. The lowest BCUT2D eigenvalue weighted by molar-refractivity contribution is 0.0590. The van der Waals surface area contributed by atoms with Crippen LogP contribution in [0.4, 0.5) is 5.82 Å². The van der Waals surface area contributed by atoms with E-state index >= 15 is 0 Å². The summed E-state index contributed by atoms with van der Waals surface area (Å²) in [6.07, 6.45) is 4.78. The first-order valence-electron chi connectivity index (χ1n) is 6.43. The van der Waals surface area contributed by atoms with Crippen molar-refractivity contribution >= 4 is 21.7 Å². The number of rotatable bonds is 2. The summed E-state index contributed by atoms with van der Waals surface area (Å²) >= 11 is 3.65. The lowest BCUT2D eigenvalue weighted by Gasteiger charge is -2.29. The zero-order valence-electron chi connectivity index (χ0n) is 10.1. The van der Waals surface area contributed by atoms with Crippen LogP contribution >= 0.6 is 15.9 Å². The number of fused-ring (bicyclic) bond motifs is 1. The molecule has 1 N–H and O–H groups in total. The molecule has 2 unspecified atom stereocenters. The Bertz CT molecular complexity index is 412. The van der Waals surface area contributed by atoms with Crippen LogP contribution in [-0.2, 0) is 11.2 Å². The summed E-state index contributed by atoms with van der Waals surface area (Å²) in [7, 11) is 0. The van der Waals surface area contributed by atoms with E-state index in [-0.39, 0.29) is 0 Å². The molecule has 0 saturated carbocycles. The van der Waals surface area contributed by atoms with E-state index in [4.69, 9.17) is 9.84 Å². The standard InChI is InChI=1S/C12H18BrN3O/c1-2-8-11(13)12-14-6-5-9(16(12)15-8)10-4-3-7-17-10/h9-10,14H,2-7H2,1H3. The Morgan fingerprint density at radius 2 is 2.41 bits per heavy atom. The monoisotopic (exact) mass is 299 g/mol. The molecule has 0 spiro atoms. The number of hydrogen-bond donors (Lipinski definition) is 1. The number of nitrogens with zero attached hydrogens (tertiary/aromatic N) is 2. The minimum absolute atomic E-state index is 0.354. The van der Waals surface area contributed by atoms with E-state index in [0.717, 1.165) is 42.0 Å². The Kier molecular flexibility index (Phi) is 3.13. The molecule has 2 atom stereocenters. The van der Waals surface area contributed by atoms with Crippen LogP contribution in [-0.4, -0.2) is 29.0 Å². The number of aryl methyl sites for hydroxylation is 1. The molecule has 0 aliphatic carbocycles. The Morgan fingerprint density at radius 3 is 3.12 bits per heavy atom. The van der Waals surface area contributed by atoms with Crippen molar-refractivity contribution in [2.24, 2.45) is 0 Å². The van der Waals surface area contributed by atoms with Crippen LogP contribution in [0.1, 0.15) is 37.9 Å². The van der Waals surface area contributed by atoms with Gasteiger partial charge in [0.05, 0.1) is 22.3 Å². The van der Waals surface area contributed by atoms with Crippen molar-refractivity contribution in [3.63, 3.8) is 0 Å². The van der Waals surface area contributed by atoms with Crippen molar-refractivity contribution in [2.45, 2.75) is 44.8 Å². The molecule has 0 radical (unpaired) electrons. The predicted octanol–water partition coefficient (Wildman–Crippen LogP) is 2.74. The van der Waals surface area contributed by atoms with Gasteiger partial charge in [-0.3, -0.25) is 0 Å². The number of aromatic nitrogens is 2. The highest BCUT2D eigenvalue weighted by Gasteiger charge is 2.33. The molecule has 2 aliphatic heterocycles. The Labute approximate surface area is 110 Å². The average Bonchev–Trinajstić information content (AvgIpc) is 2.97. The second kappa shape index (κ2) is 4.61. The molecule has 1 aromatic rings. The molecular weight excluding hydrogens is 282 g/mol. The zero-order valence-corrected chi connectivity index (χ0v) is 11.7. The van der Waals surface area contributed by atoms with Gasteiger partial charge in [0, 0.05) is 13.2 Å². The van der Waals surface area contributed by atoms with E-state index in [1.54, 1.807) is 0 Å². The minimum atomic E-state index is 0.354.